The van der Waals surface area contributed by atoms with E-state index in [1.54, 1.807) is 6.92 Å². The first-order chi connectivity index (χ1) is 8.08. The molecule has 0 aliphatic heterocycles. The van der Waals surface area contributed by atoms with Gasteiger partial charge in [-0.2, -0.15) is 0 Å². The summed E-state index contributed by atoms with van der Waals surface area (Å²) in [4.78, 5) is 11.3. The first-order valence-electron chi connectivity index (χ1n) is 5.11. The maximum absolute atomic E-state index is 12.5. The van der Waals surface area contributed by atoms with Gasteiger partial charge in [0, 0.05) is 5.56 Å². The van der Waals surface area contributed by atoms with Crippen LogP contribution in [0.25, 0.3) is 0 Å². The molecule has 1 rings (SSSR count). The number of nitrogens with two attached hydrogens (primary N) is 1. The molecule has 0 radical (unpaired) electrons. The zero-order valence-corrected chi connectivity index (χ0v) is 9.37. The first kappa shape index (κ1) is 13.4. The quantitative estimate of drug-likeness (QED) is 0.472. The average Bonchev–Trinajstić information content (AvgIpc) is 2.29. The topological polar surface area (TPSA) is 64.3 Å². The Hall–Kier alpha value is -1.69. The lowest BCUT2D eigenvalue weighted by Gasteiger charge is -2.10. The van der Waals surface area contributed by atoms with Crippen LogP contribution in [0.3, 0.4) is 0 Å². The van der Waals surface area contributed by atoms with Crippen LogP contribution in [0.15, 0.2) is 18.2 Å². The third-order valence-electron chi connectivity index (χ3n) is 2.18. The Kier molecular flexibility index (Phi) is 4.84. The van der Waals surface area contributed by atoms with Gasteiger partial charge in [0.2, 0.25) is 0 Å². The number of hydrazine groups is 1. The van der Waals surface area contributed by atoms with Crippen LogP contribution in [0.4, 0.5) is 14.5 Å². The average molecular weight is 244 g/mol. The van der Waals surface area contributed by atoms with Crippen molar-refractivity contribution in [2.45, 2.75) is 19.8 Å². The Morgan fingerprint density at radius 1 is 1.53 bits per heavy atom. The van der Waals surface area contributed by atoms with Gasteiger partial charge >= 0.3 is 5.97 Å². The molecule has 0 bridgehead atoms. The Morgan fingerprint density at radius 3 is 2.76 bits per heavy atom. The summed E-state index contributed by atoms with van der Waals surface area (Å²) in [6.45, 7) is 1.92. The smallest absolute Gasteiger partial charge is 0.310 e. The molecular formula is C11H14F2N2O2. The molecule has 17 heavy (non-hydrogen) atoms. The summed E-state index contributed by atoms with van der Waals surface area (Å²) in [6, 6.07) is 3.92. The van der Waals surface area contributed by atoms with Gasteiger partial charge < -0.3 is 10.2 Å². The monoisotopic (exact) mass is 244 g/mol. The molecule has 0 amide bonds. The van der Waals surface area contributed by atoms with Gasteiger partial charge in [-0.05, 0) is 24.6 Å². The molecule has 4 nitrogen and oxygen atoms in total. The van der Waals surface area contributed by atoms with E-state index in [2.05, 4.69) is 5.43 Å². The number of carbonyl (C=O) groups is 1. The van der Waals surface area contributed by atoms with E-state index >= 15 is 0 Å². The van der Waals surface area contributed by atoms with Crippen LogP contribution in [0.2, 0.25) is 0 Å². The second-order valence-electron chi connectivity index (χ2n) is 3.34. The Bertz CT molecular complexity index is 397. The molecule has 0 fully saturated rings. The van der Waals surface area contributed by atoms with Crippen LogP contribution in [-0.2, 0) is 16.0 Å². The number of esters is 1. The molecule has 0 spiro atoms. The second kappa shape index (κ2) is 6.15. The van der Waals surface area contributed by atoms with E-state index in [0.29, 0.717) is 11.3 Å². The van der Waals surface area contributed by atoms with Gasteiger partial charge in [-0.15, -0.1) is 0 Å². The van der Waals surface area contributed by atoms with Crippen LogP contribution in [0.1, 0.15) is 24.5 Å². The van der Waals surface area contributed by atoms with Crippen molar-refractivity contribution in [2.75, 3.05) is 12.0 Å². The predicted octanol–water partition coefficient (Wildman–Crippen LogP) is 2.02. The Labute approximate surface area is 97.7 Å². The largest absolute Gasteiger partial charge is 0.466 e. The Morgan fingerprint density at radius 2 is 2.24 bits per heavy atom. The number of hydrogen-bond donors (Lipinski definition) is 2. The molecule has 3 N–H and O–H groups in total. The number of anilines is 1. The zero-order chi connectivity index (χ0) is 12.8. The lowest BCUT2D eigenvalue weighted by molar-refractivity contribution is -0.142. The molecule has 0 aliphatic rings. The van der Waals surface area contributed by atoms with Gasteiger partial charge in [0.25, 0.3) is 6.43 Å². The van der Waals surface area contributed by atoms with Gasteiger partial charge in [-0.1, -0.05) is 6.07 Å². The summed E-state index contributed by atoms with van der Waals surface area (Å²) in [6.07, 6.45) is -2.67. The van der Waals surface area contributed by atoms with E-state index in [1.165, 1.54) is 18.2 Å². The SMILES string of the molecule is CCOC(=O)Cc1cc(C(F)F)ccc1NN. The standard InChI is InChI=1S/C11H14F2N2O2/c1-2-17-10(16)6-8-5-7(11(12)13)3-4-9(8)15-14/h3-5,11,15H,2,6,14H2,1H3. The number of alkyl halides is 2. The van der Waals surface area contributed by atoms with Crippen molar-refractivity contribution in [3.63, 3.8) is 0 Å². The third-order valence-corrected chi connectivity index (χ3v) is 2.18. The molecule has 0 unspecified atom stereocenters. The van der Waals surface area contributed by atoms with Crippen molar-refractivity contribution in [3.8, 4) is 0 Å². The van der Waals surface area contributed by atoms with Crippen molar-refractivity contribution < 1.29 is 18.3 Å². The zero-order valence-electron chi connectivity index (χ0n) is 9.37. The van der Waals surface area contributed by atoms with Gasteiger partial charge in [-0.3, -0.25) is 10.6 Å². The van der Waals surface area contributed by atoms with E-state index in [4.69, 9.17) is 10.6 Å². The number of nitrogen functional groups attached to an aromatic ring is 1. The number of carbonyl (C=O) groups excluding carboxylic acids is 1. The summed E-state index contributed by atoms with van der Waals surface area (Å²) in [5, 5.41) is 0. The van der Waals surface area contributed by atoms with Crippen molar-refractivity contribution in [3.05, 3.63) is 29.3 Å². The second-order valence-corrected chi connectivity index (χ2v) is 3.34. The number of benzene rings is 1. The summed E-state index contributed by atoms with van der Waals surface area (Å²) in [5.74, 6) is 4.76. The number of nitrogens with one attached hydrogen (secondary N) is 1. The van der Waals surface area contributed by atoms with Crippen LogP contribution >= 0.6 is 0 Å². The van der Waals surface area contributed by atoms with Crippen LogP contribution in [0.5, 0.6) is 0 Å². The summed E-state index contributed by atoms with van der Waals surface area (Å²) < 4.78 is 29.8. The van der Waals surface area contributed by atoms with Crippen LogP contribution in [0, 0.1) is 0 Å². The van der Waals surface area contributed by atoms with E-state index in [0.717, 1.165) is 0 Å². The fourth-order valence-corrected chi connectivity index (χ4v) is 1.40. The molecule has 0 saturated carbocycles. The van der Waals surface area contributed by atoms with Gasteiger partial charge in [0.15, 0.2) is 0 Å². The normalized spacial score (nSPS) is 10.4. The van der Waals surface area contributed by atoms with E-state index in [-0.39, 0.29) is 18.6 Å². The highest BCUT2D eigenvalue weighted by molar-refractivity contribution is 5.75. The maximum atomic E-state index is 12.5. The van der Waals surface area contributed by atoms with Gasteiger partial charge in [-0.25, -0.2) is 8.78 Å². The highest BCUT2D eigenvalue weighted by Crippen LogP contribution is 2.24. The number of halogens is 2. The molecule has 1 aromatic carbocycles. The molecule has 0 heterocycles. The minimum atomic E-state index is -2.58. The number of rotatable bonds is 5. The molecule has 0 aromatic heterocycles. The molecule has 1 aromatic rings. The molecule has 0 aliphatic carbocycles. The van der Waals surface area contributed by atoms with E-state index in [1.807, 2.05) is 0 Å². The maximum Gasteiger partial charge on any atom is 0.310 e. The third kappa shape index (κ3) is 3.67. The number of hydrogen-bond acceptors (Lipinski definition) is 4. The molecule has 0 saturated heterocycles. The van der Waals surface area contributed by atoms with Crippen LogP contribution in [-0.4, -0.2) is 12.6 Å². The minimum Gasteiger partial charge on any atom is -0.466 e. The van der Waals surface area contributed by atoms with Crippen molar-refractivity contribution in [1.82, 2.24) is 0 Å². The minimum absolute atomic E-state index is 0.0894. The van der Waals surface area contributed by atoms with E-state index in [9.17, 15) is 13.6 Å². The van der Waals surface area contributed by atoms with Crippen molar-refractivity contribution in [2.24, 2.45) is 5.84 Å². The van der Waals surface area contributed by atoms with Crippen molar-refractivity contribution >= 4 is 11.7 Å². The lowest BCUT2D eigenvalue weighted by atomic mass is 10.1. The fourth-order valence-electron chi connectivity index (χ4n) is 1.40. The number of ether oxygens (including phenoxy) is 1. The predicted molar refractivity (Wildman–Crippen MR) is 59.5 cm³/mol. The summed E-state index contributed by atoms with van der Waals surface area (Å²) in [5.41, 5.74) is 3.03. The molecule has 94 valence electrons. The molecular weight excluding hydrogens is 230 g/mol. The first-order valence-corrected chi connectivity index (χ1v) is 5.11. The molecule has 0 atom stereocenters. The summed E-state index contributed by atoms with van der Waals surface area (Å²) >= 11 is 0. The van der Waals surface area contributed by atoms with Crippen LogP contribution < -0.4 is 11.3 Å². The highest BCUT2D eigenvalue weighted by atomic mass is 19.3. The van der Waals surface area contributed by atoms with E-state index < -0.39 is 12.4 Å². The summed E-state index contributed by atoms with van der Waals surface area (Å²) in [7, 11) is 0. The Balaban J connectivity index is 2.93. The highest BCUT2D eigenvalue weighted by Gasteiger charge is 2.13. The van der Waals surface area contributed by atoms with Gasteiger partial charge in [0.1, 0.15) is 0 Å². The van der Waals surface area contributed by atoms with Gasteiger partial charge in [0.05, 0.1) is 18.7 Å². The molecule has 6 heteroatoms. The fraction of sp³-hybridized carbons (Fsp3) is 0.364. The van der Waals surface area contributed by atoms with Crippen molar-refractivity contribution in [1.29, 1.82) is 0 Å². The lowest BCUT2D eigenvalue weighted by Crippen LogP contribution is -2.13.